The first kappa shape index (κ1) is 12.3. The Balaban J connectivity index is 2.56. The summed E-state index contributed by atoms with van der Waals surface area (Å²) >= 11 is 0. The fourth-order valence-corrected chi connectivity index (χ4v) is 2.03. The zero-order valence-corrected chi connectivity index (χ0v) is 9.85. The van der Waals surface area contributed by atoms with E-state index in [-0.39, 0.29) is 6.04 Å². The second kappa shape index (κ2) is 5.32. The van der Waals surface area contributed by atoms with E-state index in [1.807, 2.05) is 6.92 Å². The van der Waals surface area contributed by atoms with Crippen molar-refractivity contribution < 1.29 is 5.21 Å². The molecule has 0 aromatic rings. The van der Waals surface area contributed by atoms with E-state index in [9.17, 15) is 0 Å². The molecule has 0 amide bonds. The van der Waals surface area contributed by atoms with Crippen LogP contribution >= 0.6 is 0 Å². The maximum absolute atomic E-state index is 8.64. The molecule has 1 saturated heterocycles. The van der Waals surface area contributed by atoms with Gasteiger partial charge in [0.15, 0.2) is 5.84 Å². The molecule has 0 aromatic carbocycles. The number of likely N-dealkylation sites (tertiary alicyclic amines) is 1. The van der Waals surface area contributed by atoms with Crippen LogP contribution in [-0.4, -0.2) is 60.1 Å². The first-order chi connectivity index (χ1) is 7.06. The number of piperidine rings is 1. The number of hydrogen-bond acceptors (Lipinski definition) is 4. The molecule has 5 heteroatoms. The van der Waals surface area contributed by atoms with Crippen molar-refractivity contribution in [1.82, 2.24) is 9.80 Å². The number of nitrogens with zero attached hydrogens (tertiary/aromatic N) is 3. The molecule has 0 bridgehead atoms. The van der Waals surface area contributed by atoms with E-state index >= 15 is 0 Å². The summed E-state index contributed by atoms with van der Waals surface area (Å²) in [6.07, 6.45) is 2.40. The molecule has 1 aliphatic heterocycles. The minimum atomic E-state index is 0.0257. The van der Waals surface area contributed by atoms with E-state index < -0.39 is 0 Å². The molecule has 1 fully saturated rings. The highest BCUT2D eigenvalue weighted by Gasteiger charge is 2.26. The van der Waals surface area contributed by atoms with Crippen molar-refractivity contribution in [3.63, 3.8) is 0 Å². The Morgan fingerprint density at radius 3 is 2.80 bits per heavy atom. The normalized spacial score (nSPS) is 26.9. The Morgan fingerprint density at radius 1 is 1.60 bits per heavy atom. The molecule has 5 nitrogen and oxygen atoms in total. The van der Waals surface area contributed by atoms with Gasteiger partial charge in [0.2, 0.25) is 0 Å². The molecule has 1 rings (SSSR count). The van der Waals surface area contributed by atoms with Crippen molar-refractivity contribution in [2.45, 2.75) is 31.8 Å². The van der Waals surface area contributed by atoms with Crippen molar-refractivity contribution in [2.75, 3.05) is 27.2 Å². The summed E-state index contributed by atoms with van der Waals surface area (Å²) in [6, 6.07) is 0.602. The molecule has 0 aliphatic carbocycles. The van der Waals surface area contributed by atoms with Gasteiger partial charge in [-0.2, -0.15) is 0 Å². The lowest BCUT2D eigenvalue weighted by Gasteiger charge is -2.38. The number of amidine groups is 1. The first-order valence-electron chi connectivity index (χ1n) is 5.44. The van der Waals surface area contributed by atoms with Gasteiger partial charge in [0, 0.05) is 12.6 Å². The summed E-state index contributed by atoms with van der Waals surface area (Å²) in [7, 11) is 4.20. The molecule has 2 atom stereocenters. The summed E-state index contributed by atoms with van der Waals surface area (Å²) in [5.41, 5.74) is 5.61. The molecule has 15 heavy (non-hydrogen) atoms. The van der Waals surface area contributed by atoms with Gasteiger partial charge in [-0.3, -0.25) is 4.90 Å². The number of rotatable bonds is 3. The summed E-state index contributed by atoms with van der Waals surface area (Å²) < 4.78 is 0. The van der Waals surface area contributed by atoms with E-state index in [1.165, 1.54) is 12.8 Å². The quantitative estimate of drug-likeness (QED) is 0.304. The Kier molecular flexibility index (Phi) is 4.35. The lowest BCUT2D eigenvalue weighted by atomic mass is 10.0. The van der Waals surface area contributed by atoms with E-state index in [0.29, 0.717) is 11.9 Å². The minimum Gasteiger partial charge on any atom is -0.409 e. The zero-order valence-electron chi connectivity index (χ0n) is 9.85. The molecule has 1 heterocycles. The number of nitrogens with two attached hydrogens (primary N) is 1. The molecular weight excluding hydrogens is 192 g/mol. The summed E-state index contributed by atoms with van der Waals surface area (Å²) in [5, 5.41) is 11.7. The second-order valence-electron chi connectivity index (χ2n) is 4.46. The summed E-state index contributed by atoms with van der Waals surface area (Å²) in [6.45, 7) is 4.00. The van der Waals surface area contributed by atoms with Crippen LogP contribution in [0.2, 0.25) is 0 Å². The molecular formula is C10H22N4O. The summed E-state index contributed by atoms with van der Waals surface area (Å²) in [4.78, 5) is 4.51. The Morgan fingerprint density at radius 2 is 2.27 bits per heavy atom. The zero-order chi connectivity index (χ0) is 11.4. The van der Waals surface area contributed by atoms with E-state index in [0.717, 1.165) is 13.1 Å². The fraction of sp³-hybridized carbons (Fsp3) is 0.900. The van der Waals surface area contributed by atoms with Crippen LogP contribution in [-0.2, 0) is 0 Å². The van der Waals surface area contributed by atoms with Gasteiger partial charge in [0.1, 0.15) is 0 Å². The monoisotopic (exact) mass is 214 g/mol. The van der Waals surface area contributed by atoms with Crippen LogP contribution < -0.4 is 5.73 Å². The summed E-state index contributed by atoms with van der Waals surface area (Å²) in [5.74, 6) is 0.300. The highest BCUT2D eigenvalue weighted by atomic mass is 16.4. The average molecular weight is 214 g/mol. The first-order valence-corrected chi connectivity index (χ1v) is 5.44. The highest BCUT2D eigenvalue weighted by Crippen LogP contribution is 2.15. The minimum absolute atomic E-state index is 0.0257. The van der Waals surface area contributed by atoms with Crippen LogP contribution in [0.1, 0.15) is 19.8 Å². The Hall–Kier alpha value is -0.810. The van der Waals surface area contributed by atoms with Crippen LogP contribution in [0.3, 0.4) is 0 Å². The van der Waals surface area contributed by atoms with Gasteiger partial charge in [0.25, 0.3) is 0 Å². The van der Waals surface area contributed by atoms with Gasteiger partial charge in [-0.05, 0) is 40.4 Å². The maximum Gasteiger partial charge on any atom is 0.156 e. The van der Waals surface area contributed by atoms with E-state index in [4.69, 9.17) is 10.9 Å². The SMILES string of the molecule is CC(C(N)=NO)N1CCCC(N(C)C)C1. The predicted molar refractivity (Wildman–Crippen MR) is 61.2 cm³/mol. The largest absolute Gasteiger partial charge is 0.409 e. The lowest BCUT2D eigenvalue weighted by Crippen LogP contribution is -2.52. The molecule has 2 unspecified atom stereocenters. The Bertz CT molecular complexity index is 229. The number of likely N-dealkylation sites (N-methyl/N-ethyl adjacent to an activating group) is 1. The lowest BCUT2D eigenvalue weighted by molar-refractivity contribution is 0.121. The van der Waals surface area contributed by atoms with Crippen LogP contribution in [0, 0.1) is 0 Å². The van der Waals surface area contributed by atoms with Gasteiger partial charge in [0.05, 0.1) is 6.04 Å². The van der Waals surface area contributed by atoms with Crippen LogP contribution in [0.15, 0.2) is 5.16 Å². The van der Waals surface area contributed by atoms with Crippen LogP contribution in [0.25, 0.3) is 0 Å². The van der Waals surface area contributed by atoms with Crippen molar-refractivity contribution >= 4 is 5.84 Å². The van der Waals surface area contributed by atoms with Gasteiger partial charge < -0.3 is 15.8 Å². The molecule has 0 aromatic heterocycles. The van der Waals surface area contributed by atoms with Gasteiger partial charge in [-0.1, -0.05) is 5.16 Å². The topological polar surface area (TPSA) is 65.1 Å². The maximum atomic E-state index is 8.64. The number of oxime groups is 1. The van der Waals surface area contributed by atoms with E-state index in [1.54, 1.807) is 0 Å². The van der Waals surface area contributed by atoms with Gasteiger partial charge >= 0.3 is 0 Å². The third-order valence-electron chi connectivity index (χ3n) is 3.25. The van der Waals surface area contributed by atoms with Gasteiger partial charge in [-0.25, -0.2) is 0 Å². The highest BCUT2D eigenvalue weighted by molar-refractivity contribution is 5.84. The molecule has 1 aliphatic rings. The van der Waals surface area contributed by atoms with E-state index in [2.05, 4.69) is 29.1 Å². The van der Waals surface area contributed by atoms with Gasteiger partial charge in [-0.15, -0.1) is 0 Å². The predicted octanol–water partition coefficient (Wildman–Crippen LogP) is 0.147. The third kappa shape index (κ3) is 3.07. The average Bonchev–Trinajstić information content (AvgIpc) is 2.27. The van der Waals surface area contributed by atoms with Crippen molar-refractivity contribution in [3.05, 3.63) is 0 Å². The van der Waals surface area contributed by atoms with Crippen LogP contribution in [0.5, 0.6) is 0 Å². The van der Waals surface area contributed by atoms with Crippen LogP contribution in [0.4, 0.5) is 0 Å². The molecule has 88 valence electrons. The molecule has 0 spiro atoms. The van der Waals surface area contributed by atoms with Crippen molar-refractivity contribution in [3.8, 4) is 0 Å². The van der Waals surface area contributed by atoms with Crippen molar-refractivity contribution in [2.24, 2.45) is 10.9 Å². The fourth-order valence-electron chi connectivity index (χ4n) is 2.03. The second-order valence-corrected chi connectivity index (χ2v) is 4.46. The third-order valence-corrected chi connectivity index (χ3v) is 3.25. The molecule has 3 N–H and O–H groups in total. The Labute approximate surface area is 91.5 Å². The molecule has 0 saturated carbocycles. The molecule has 0 radical (unpaired) electrons. The number of hydrogen-bond donors (Lipinski definition) is 2. The smallest absolute Gasteiger partial charge is 0.156 e. The van der Waals surface area contributed by atoms with Crippen molar-refractivity contribution in [1.29, 1.82) is 0 Å². The standard InChI is InChI=1S/C10H22N4O/c1-8(10(11)12-15)14-6-4-5-9(7-14)13(2)3/h8-9,15H,4-7H2,1-3H3,(H2,11,12).